The highest BCUT2D eigenvalue weighted by molar-refractivity contribution is 6.35. The molecule has 0 aromatic heterocycles. The van der Waals surface area contributed by atoms with E-state index in [0.29, 0.717) is 46.5 Å². The van der Waals surface area contributed by atoms with Gasteiger partial charge in [0.15, 0.2) is 0 Å². The van der Waals surface area contributed by atoms with E-state index < -0.39 is 6.04 Å². The third-order valence-corrected chi connectivity index (χ3v) is 8.06. The molecule has 0 spiro atoms. The molecule has 0 unspecified atom stereocenters. The van der Waals surface area contributed by atoms with Crippen LogP contribution in [0.2, 0.25) is 10.0 Å². The van der Waals surface area contributed by atoms with Crippen LogP contribution in [0.1, 0.15) is 24.1 Å². The molecule has 1 fully saturated rings. The van der Waals surface area contributed by atoms with Crippen molar-refractivity contribution < 1.29 is 14.4 Å². The minimum atomic E-state index is -0.703. The van der Waals surface area contributed by atoms with Crippen molar-refractivity contribution >= 4 is 41.0 Å². The number of carbonyl (C=O) groups is 3. The zero-order chi connectivity index (χ0) is 26.8. The van der Waals surface area contributed by atoms with E-state index in [4.69, 9.17) is 23.2 Å². The zero-order valence-corrected chi connectivity index (χ0v) is 22.8. The highest BCUT2D eigenvalue weighted by Gasteiger charge is 2.44. The second-order valence-electron chi connectivity index (χ2n) is 9.77. The molecule has 10 heteroatoms. The Balaban J connectivity index is 1.23. The van der Waals surface area contributed by atoms with Gasteiger partial charge in [-0.1, -0.05) is 59.6 Å². The lowest BCUT2D eigenvalue weighted by molar-refractivity contribution is -0.138. The Morgan fingerprint density at radius 2 is 1.76 bits per heavy atom. The molecule has 1 N–H and O–H groups in total. The Morgan fingerprint density at radius 1 is 1.03 bits per heavy atom. The van der Waals surface area contributed by atoms with E-state index in [1.165, 1.54) is 10.5 Å². The molecule has 1 atom stereocenters. The molecule has 5 rings (SSSR count). The van der Waals surface area contributed by atoms with Gasteiger partial charge in [0.25, 0.3) is 5.91 Å². The summed E-state index contributed by atoms with van der Waals surface area (Å²) < 4.78 is 0. The van der Waals surface area contributed by atoms with Crippen LogP contribution >= 0.6 is 23.2 Å². The van der Waals surface area contributed by atoms with Gasteiger partial charge in [-0.05, 0) is 36.6 Å². The number of nitrogens with one attached hydrogen (secondary N) is 1. The SMILES string of the molecule is CCN1C(=O)N[C@H](c2ccc(Cl)cc2Cl)C2=C1CN(CC(=O)N1CCN(CCc3ccccc3)CC1)C2=O. The van der Waals surface area contributed by atoms with Crippen LogP contribution in [0.15, 0.2) is 59.8 Å². The fourth-order valence-electron chi connectivity index (χ4n) is 5.40. The summed E-state index contributed by atoms with van der Waals surface area (Å²) >= 11 is 12.5. The summed E-state index contributed by atoms with van der Waals surface area (Å²) in [6.45, 7) is 6.28. The molecule has 2 aromatic carbocycles. The van der Waals surface area contributed by atoms with Crippen molar-refractivity contribution in [3.63, 3.8) is 0 Å². The number of benzene rings is 2. The van der Waals surface area contributed by atoms with Gasteiger partial charge in [-0.2, -0.15) is 0 Å². The normalized spacial score (nSPS) is 20.2. The van der Waals surface area contributed by atoms with E-state index in [9.17, 15) is 14.4 Å². The predicted octanol–water partition coefficient (Wildman–Crippen LogP) is 3.56. The number of halogens is 2. The molecule has 0 saturated carbocycles. The van der Waals surface area contributed by atoms with Gasteiger partial charge in [-0.3, -0.25) is 19.4 Å². The van der Waals surface area contributed by atoms with E-state index >= 15 is 0 Å². The molecule has 2 aromatic rings. The van der Waals surface area contributed by atoms with Crippen LogP contribution in [0.5, 0.6) is 0 Å². The van der Waals surface area contributed by atoms with E-state index in [1.807, 2.05) is 17.9 Å². The maximum absolute atomic E-state index is 13.6. The molecular weight excluding hydrogens is 525 g/mol. The number of nitrogens with zero attached hydrogens (tertiary/aromatic N) is 4. The van der Waals surface area contributed by atoms with E-state index in [1.54, 1.807) is 23.1 Å². The van der Waals surface area contributed by atoms with E-state index in [0.717, 1.165) is 26.1 Å². The largest absolute Gasteiger partial charge is 0.339 e. The summed E-state index contributed by atoms with van der Waals surface area (Å²) in [4.78, 5) is 47.0. The fourth-order valence-corrected chi connectivity index (χ4v) is 5.91. The van der Waals surface area contributed by atoms with Crippen LogP contribution in [0.25, 0.3) is 0 Å². The van der Waals surface area contributed by atoms with Crippen molar-refractivity contribution in [1.29, 1.82) is 0 Å². The first kappa shape index (κ1) is 26.5. The molecule has 1 saturated heterocycles. The van der Waals surface area contributed by atoms with Crippen LogP contribution in [-0.2, 0) is 16.0 Å². The molecule has 3 aliphatic heterocycles. The number of piperazine rings is 1. The fraction of sp³-hybridized carbons (Fsp3) is 0.393. The lowest BCUT2D eigenvalue weighted by Crippen LogP contribution is -2.51. The Bertz CT molecular complexity index is 1260. The quantitative estimate of drug-likeness (QED) is 0.566. The molecule has 0 radical (unpaired) electrons. The van der Waals surface area contributed by atoms with Crippen molar-refractivity contribution in [3.05, 3.63) is 81.0 Å². The van der Waals surface area contributed by atoms with Gasteiger partial charge < -0.3 is 15.1 Å². The highest BCUT2D eigenvalue weighted by Crippen LogP contribution is 2.39. The Hall–Kier alpha value is -3.07. The van der Waals surface area contributed by atoms with Crippen molar-refractivity contribution in [2.45, 2.75) is 19.4 Å². The molecule has 0 bridgehead atoms. The van der Waals surface area contributed by atoms with Crippen molar-refractivity contribution in [3.8, 4) is 0 Å². The molecule has 38 heavy (non-hydrogen) atoms. The third kappa shape index (κ3) is 5.39. The molecular formula is C28H31Cl2N5O3. The summed E-state index contributed by atoms with van der Waals surface area (Å²) in [5, 5.41) is 3.75. The number of hydrogen-bond donors (Lipinski definition) is 1. The molecule has 8 nitrogen and oxygen atoms in total. The molecule has 200 valence electrons. The zero-order valence-electron chi connectivity index (χ0n) is 21.3. The first-order valence-corrected chi connectivity index (χ1v) is 13.7. The second kappa shape index (κ2) is 11.4. The van der Waals surface area contributed by atoms with Crippen molar-refractivity contribution in [2.24, 2.45) is 0 Å². The number of rotatable bonds is 7. The Labute approximate surface area is 232 Å². The molecule has 0 aliphatic carbocycles. The topological polar surface area (TPSA) is 76.2 Å². The number of carbonyl (C=O) groups excluding carboxylic acids is 3. The number of amides is 4. The van der Waals surface area contributed by atoms with Gasteiger partial charge in [0, 0.05) is 49.3 Å². The minimum Gasteiger partial charge on any atom is -0.339 e. The van der Waals surface area contributed by atoms with Crippen molar-refractivity contribution in [1.82, 2.24) is 24.9 Å². The average molecular weight is 556 g/mol. The summed E-state index contributed by atoms with van der Waals surface area (Å²) in [7, 11) is 0. The van der Waals surface area contributed by atoms with Gasteiger partial charge in [0.2, 0.25) is 5.91 Å². The van der Waals surface area contributed by atoms with Crippen molar-refractivity contribution in [2.75, 3.05) is 52.4 Å². The summed E-state index contributed by atoms with van der Waals surface area (Å²) in [5.41, 5.74) is 2.98. The monoisotopic (exact) mass is 555 g/mol. The van der Waals surface area contributed by atoms with Gasteiger partial charge in [0.05, 0.1) is 23.9 Å². The van der Waals surface area contributed by atoms with Gasteiger partial charge in [0.1, 0.15) is 6.54 Å². The minimum absolute atomic E-state index is 0.0251. The van der Waals surface area contributed by atoms with Crippen LogP contribution in [-0.4, -0.2) is 89.8 Å². The predicted molar refractivity (Wildman–Crippen MR) is 147 cm³/mol. The first-order chi connectivity index (χ1) is 18.4. The van der Waals surface area contributed by atoms with Crippen LogP contribution in [0.3, 0.4) is 0 Å². The van der Waals surface area contributed by atoms with Crippen LogP contribution in [0.4, 0.5) is 4.79 Å². The third-order valence-electron chi connectivity index (χ3n) is 7.50. The lowest BCUT2D eigenvalue weighted by Gasteiger charge is -2.35. The molecule has 3 heterocycles. The maximum Gasteiger partial charge on any atom is 0.322 e. The summed E-state index contributed by atoms with van der Waals surface area (Å²) in [5.74, 6) is -0.339. The number of likely N-dealkylation sites (N-methyl/N-ethyl adjacent to an activating group) is 1. The van der Waals surface area contributed by atoms with E-state index in [2.05, 4.69) is 34.5 Å². The number of urea groups is 1. The second-order valence-corrected chi connectivity index (χ2v) is 10.6. The molecule has 3 aliphatic rings. The number of hydrogen-bond acceptors (Lipinski definition) is 4. The van der Waals surface area contributed by atoms with Gasteiger partial charge in [-0.15, -0.1) is 0 Å². The first-order valence-electron chi connectivity index (χ1n) is 12.9. The smallest absolute Gasteiger partial charge is 0.322 e. The average Bonchev–Trinajstić information content (AvgIpc) is 3.23. The summed E-state index contributed by atoms with van der Waals surface area (Å²) in [6.07, 6.45) is 0.980. The highest BCUT2D eigenvalue weighted by atomic mass is 35.5. The van der Waals surface area contributed by atoms with Crippen LogP contribution in [0, 0.1) is 0 Å². The van der Waals surface area contributed by atoms with Crippen LogP contribution < -0.4 is 5.32 Å². The lowest BCUT2D eigenvalue weighted by atomic mass is 9.95. The molecule has 4 amide bonds. The Kier molecular flexibility index (Phi) is 7.93. The van der Waals surface area contributed by atoms with Gasteiger partial charge >= 0.3 is 6.03 Å². The maximum atomic E-state index is 13.6. The Morgan fingerprint density at radius 3 is 2.45 bits per heavy atom. The van der Waals surface area contributed by atoms with Gasteiger partial charge in [-0.25, -0.2) is 4.79 Å². The van der Waals surface area contributed by atoms with E-state index in [-0.39, 0.29) is 30.9 Å². The summed E-state index contributed by atoms with van der Waals surface area (Å²) in [6, 6.07) is 14.4. The standard InChI is InChI=1S/C28H31Cl2N5O3/c1-2-35-23-17-34(27(37)25(23)26(31-28(35)38)21-9-8-20(29)16-22(21)30)18-24(36)33-14-12-32(13-15-33)11-10-19-6-4-3-5-7-19/h3-9,16,26H,2,10-15,17-18H2,1H3,(H,31,38)/t26-/m1/s1.